The highest BCUT2D eigenvalue weighted by Crippen LogP contribution is 2.15. The highest BCUT2D eigenvalue weighted by molar-refractivity contribution is 5.84. The summed E-state index contributed by atoms with van der Waals surface area (Å²) in [5.74, 6) is -0.576. The third-order valence-electron chi connectivity index (χ3n) is 2.68. The minimum Gasteiger partial charge on any atom is -0.444 e. The minimum atomic E-state index is -0.662. The number of amides is 1. The minimum absolute atomic E-state index is 0.143. The van der Waals surface area contributed by atoms with Crippen LogP contribution in [-0.2, 0) is 18.0 Å². The predicted octanol–water partition coefficient (Wildman–Crippen LogP) is 3.07. The van der Waals surface area contributed by atoms with Crippen LogP contribution in [0, 0.1) is 5.82 Å². The number of nitrogens with one attached hydrogen (secondary N) is 1. The Hall–Kier alpha value is -2.40. The average Bonchev–Trinajstić information content (AvgIpc) is 2.46. The Morgan fingerprint density at radius 3 is 2.60 bits per heavy atom. The summed E-state index contributed by atoms with van der Waals surface area (Å²) in [7, 11) is 0. The van der Waals surface area contributed by atoms with Crippen molar-refractivity contribution in [3.63, 3.8) is 0 Å². The molecule has 20 heavy (non-hydrogen) atoms. The number of aliphatic hydroxyl groups excluding tert-OH is 1. The van der Waals surface area contributed by atoms with E-state index in [1.807, 2.05) is 30.3 Å². The molecule has 0 atom stereocenters. The van der Waals surface area contributed by atoms with E-state index in [9.17, 15) is 9.18 Å². The van der Waals surface area contributed by atoms with Crippen LogP contribution in [0.25, 0.3) is 0 Å². The van der Waals surface area contributed by atoms with Crippen LogP contribution < -0.4 is 5.32 Å². The molecule has 0 saturated carbocycles. The lowest BCUT2D eigenvalue weighted by Gasteiger charge is -2.08. The topological polar surface area (TPSA) is 58.6 Å². The summed E-state index contributed by atoms with van der Waals surface area (Å²) in [4.78, 5) is 11.5. The Kier molecular flexibility index (Phi) is 4.68. The maximum Gasteiger partial charge on any atom is 0.411 e. The summed E-state index contributed by atoms with van der Waals surface area (Å²) >= 11 is 0. The molecule has 0 aliphatic carbocycles. The van der Waals surface area contributed by atoms with Crippen LogP contribution in [0.4, 0.5) is 14.9 Å². The number of rotatable bonds is 4. The maximum atomic E-state index is 13.4. The van der Waals surface area contributed by atoms with E-state index >= 15 is 0 Å². The van der Waals surface area contributed by atoms with Gasteiger partial charge in [0.05, 0.1) is 6.61 Å². The number of carbonyl (C=O) groups excluding carboxylic acids is 1. The van der Waals surface area contributed by atoms with Gasteiger partial charge in [0, 0.05) is 11.3 Å². The molecular weight excluding hydrogens is 261 g/mol. The Balaban J connectivity index is 1.90. The average molecular weight is 275 g/mol. The van der Waals surface area contributed by atoms with Gasteiger partial charge in [-0.2, -0.15) is 0 Å². The number of halogens is 1. The second kappa shape index (κ2) is 6.68. The first-order chi connectivity index (χ1) is 9.69. The fraction of sp³-hybridized carbons (Fsp3) is 0.133. The molecule has 2 aromatic carbocycles. The van der Waals surface area contributed by atoms with Gasteiger partial charge >= 0.3 is 6.09 Å². The van der Waals surface area contributed by atoms with Crippen LogP contribution in [-0.4, -0.2) is 11.2 Å². The van der Waals surface area contributed by atoms with Gasteiger partial charge in [-0.1, -0.05) is 36.4 Å². The lowest BCUT2D eigenvalue weighted by molar-refractivity contribution is 0.155. The largest absolute Gasteiger partial charge is 0.444 e. The van der Waals surface area contributed by atoms with Crippen LogP contribution in [0.1, 0.15) is 11.1 Å². The molecule has 0 bridgehead atoms. The molecule has 2 rings (SSSR count). The molecule has 1 amide bonds. The lowest BCUT2D eigenvalue weighted by Crippen LogP contribution is -2.13. The molecule has 0 spiro atoms. The molecule has 0 aromatic heterocycles. The number of anilines is 1. The molecule has 2 N–H and O–H groups in total. The molecule has 0 radical (unpaired) electrons. The number of hydrogen-bond acceptors (Lipinski definition) is 3. The standard InChI is InChI=1S/C15H14FNO3/c16-14-8-13(7-6-12(14)9-18)17-15(19)20-10-11-4-2-1-3-5-11/h1-8,18H,9-10H2,(H,17,19). The zero-order valence-corrected chi connectivity index (χ0v) is 10.7. The summed E-state index contributed by atoms with van der Waals surface area (Å²) in [6.07, 6.45) is -0.662. The second-order valence-corrected chi connectivity index (χ2v) is 4.15. The molecule has 0 heterocycles. The van der Waals surface area contributed by atoms with Crippen LogP contribution >= 0.6 is 0 Å². The van der Waals surface area contributed by atoms with Crippen LogP contribution in [0.5, 0.6) is 0 Å². The summed E-state index contributed by atoms with van der Waals surface area (Å²) in [6, 6.07) is 13.3. The van der Waals surface area contributed by atoms with E-state index in [1.165, 1.54) is 12.1 Å². The third-order valence-corrected chi connectivity index (χ3v) is 2.68. The fourth-order valence-electron chi connectivity index (χ4n) is 1.63. The van der Waals surface area contributed by atoms with Crippen molar-refractivity contribution in [1.29, 1.82) is 0 Å². The number of ether oxygens (including phenoxy) is 1. The smallest absolute Gasteiger partial charge is 0.411 e. The first-order valence-corrected chi connectivity index (χ1v) is 6.06. The van der Waals surface area contributed by atoms with E-state index in [1.54, 1.807) is 0 Å². The Morgan fingerprint density at radius 1 is 1.20 bits per heavy atom. The molecule has 2 aromatic rings. The molecule has 0 fully saturated rings. The fourth-order valence-corrected chi connectivity index (χ4v) is 1.63. The summed E-state index contributed by atoms with van der Waals surface area (Å²) < 4.78 is 18.4. The summed E-state index contributed by atoms with van der Waals surface area (Å²) in [5, 5.41) is 11.3. The van der Waals surface area contributed by atoms with E-state index in [0.717, 1.165) is 11.6 Å². The van der Waals surface area contributed by atoms with Gasteiger partial charge in [0.25, 0.3) is 0 Å². The molecule has 0 aliphatic heterocycles. The number of carbonyl (C=O) groups is 1. The van der Waals surface area contributed by atoms with E-state index in [0.29, 0.717) is 0 Å². The van der Waals surface area contributed by atoms with Crippen LogP contribution in [0.2, 0.25) is 0 Å². The zero-order valence-electron chi connectivity index (χ0n) is 10.7. The van der Waals surface area contributed by atoms with E-state index < -0.39 is 11.9 Å². The number of hydrogen-bond donors (Lipinski definition) is 2. The Labute approximate surface area is 115 Å². The van der Waals surface area contributed by atoms with E-state index in [4.69, 9.17) is 9.84 Å². The number of aliphatic hydroxyl groups is 1. The number of benzene rings is 2. The van der Waals surface area contributed by atoms with Gasteiger partial charge in [0.15, 0.2) is 0 Å². The van der Waals surface area contributed by atoms with Crippen molar-refractivity contribution in [3.8, 4) is 0 Å². The quantitative estimate of drug-likeness (QED) is 0.901. The van der Waals surface area contributed by atoms with Crippen molar-refractivity contribution in [2.45, 2.75) is 13.2 Å². The molecule has 104 valence electrons. The van der Waals surface area contributed by atoms with E-state index in [-0.39, 0.29) is 24.5 Å². The maximum absolute atomic E-state index is 13.4. The van der Waals surface area contributed by atoms with Gasteiger partial charge in [-0.15, -0.1) is 0 Å². The van der Waals surface area contributed by atoms with E-state index in [2.05, 4.69) is 5.32 Å². The third kappa shape index (κ3) is 3.80. The van der Waals surface area contributed by atoms with Gasteiger partial charge < -0.3 is 9.84 Å². The molecule has 5 heteroatoms. The molecule has 4 nitrogen and oxygen atoms in total. The Bertz CT molecular complexity index is 587. The Morgan fingerprint density at radius 2 is 1.95 bits per heavy atom. The van der Waals surface area contributed by atoms with Crippen LogP contribution in [0.3, 0.4) is 0 Å². The SMILES string of the molecule is O=C(Nc1ccc(CO)c(F)c1)OCc1ccccc1. The van der Waals surface area contributed by atoms with Crippen molar-refractivity contribution >= 4 is 11.8 Å². The van der Waals surface area contributed by atoms with Crippen molar-refractivity contribution in [2.75, 3.05) is 5.32 Å². The predicted molar refractivity (Wildman–Crippen MR) is 72.6 cm³/mol. The second-order valence-electron chi connectivity index (χ2n) is 4.15. The first kappa shape index (κ1) is 14.0. The highest BCUT2D eigenvalue weighted by atomic mass is 19.1. The lowest BCUT2D eigenvalue weighted by atomic mass is 10.2. The van der Waals surface area contributed by atoms with Gasteiger partial charge in [-0.25, -0.2) is 9.18 Å². The normalized spacial score (nSPS) is 10.1. The molecule has 0 aliphatic rings. The monoisotopic (exact) mass is 275 g/mol. The molecular formula is C15H14FNO3. The van der Waals surface area contributed by atoms with Gasteiger partial charge in [-0.3, -0.25) is 5.32 Å². The molecule has 0 saturated heterocycles. The van der Waals surface area contributed by atoms with Gasteiger partial charge in [-0.05, 0) is 17.7 Å². The van der Waals surface area contributed by atoms with Crippen molar-refractivity contribution in [1.82, 2.24) is 0 Å². The zero-order chi connectivity index (χ0) is 14.4. The highest BCUT2D eigenvalue weighted by Gasteiger charge is 2.07. The molecule has 0 unspecified atom stereocenters. The summed E-state index contributed by atoms with van der Waals surface area (Å²) in [6.45, 7) is -0.242. The first-order valence-electron chi connectivity index (χ1n) is 6.06. The van der Waals surface area contributed by atoms with Crippen molar-refractivity contribution < 1.29 is 19.0 Å². The van der Waals surface area contributed by atoms with Crippen molar-refractivity contribution in [3.05, 3.63) is 65.5 Å². The van der Waals surface area contributed by atoms with Crippen molar-refractivity contribution in [2.24, 2.45) is 0 Å². The van der Waals surface area contributed by atoms with Crippen LogP contribution in [0.15, 0.2) is 48.5 Å². The van der Waals surface area contributed by atoms with Gasteiger partial charge in [0.2, 0.25) is 0 Å². The van der Waals surface area contributed by atoms with Gasteiger partial charge in [0.1, 0.15) is 12.4 Å². The summed E-state index contributed by atoms with van der Waals surface area (Å²) in [5.41, 5.74) is 1.32.